The Morgan fingerprint density at radius 3 is 2.20 bits per heavy atom. The summed E-state index contributed by atoms with van der Waals surface area (Å²) in [5.74, 6) is -0.354. The third-order valence-electron chi connectivity index (χ3n) is 4.43. The van der Waals surface area contributed by atoms with Crippen LogP contribution in [0.2, 0.25) is 0 Å². The van der Waals surface area contributed by atoms with Gasteiger partial charge in [-0.15, -0.1) is 0 Å². The van der Waals surface area contributed by atoms with Gasteiger partial charge in [0.1, 0.15) is 5.83 Å². The van der Waals surface area contributed by atoms with E-state index in [9.17, 15) is 4.39 Å². The summed E-state index contributed by atoms with van der Waals surface area (Å²) in [7, 11) is -0.666. The van der Waals surface area contributed by atoms with Gasteiger partial charge in [0.2, 0.25) is 0 Å². The van der Waals surface area contributed by atoms with Gasteiger partial charge in [-0.25, -0.2) is 4.39 Å². The molecule has 0 bridgehead atoms. The Labute approximate surface area is 119 Å². The Hall–Kier alpha value is -1.11. The molecule has 2 rings (SSSR count). The van der Waals surface area contributed by atoms with Crippen LogP contribution in [0.15, 0.2) is 34.7 Å². The van der Waals surface area contributed by atoms with Gasteiger partial charge in [0.25, 0.3) is 0 Å². The Morgan fingerprint density at radius 1 is 1.25 bits per heavy atom. The van der Waals surface area contributed by atoms with Crippen molar-refractivity contribution in [1.29, 1.82) is 0 Å². The third-order valence-corrected chi connectivity index (χ3v) is 4.43. The average Bonchev–Trinajstić information content (AvgIpc) is 2.52. The first-order chi connectivity index (χ1) is 9.10. The molecule has 0 aromatic rings. The second-order valence-corrected chi connectivity index (χ2v) is 6.29. The van der Waals surface area contributed by atoms with Crippen LogP contribution in [0.25, 0.3) is 0 Å². The number of allylic oxidation sites excluding steroid dienone is 2. The van der Waals surface area contributed by atoms with Crippen LogP contribution >= 0.6 is 0 Å². The molecule has 1 fully saturated rings. The maximum atomic E-state index is 14.0. The van der Waals surface area contributed by atoms with Crippen molar-refractivity contribution in [3.63, 3.8) is 0 Å². The largest absolute Gasteiger partial charge is 0.495 e. The smallest absolute Gasteiger partial charge is 0.404 e. The molecule has 1 unspecified atom stereocenters. The van der Waals surface area contributed by atoms with Gasteiger partial charge in [0.05, 0.1) is 17.2 Å². The minimum absolute atomic E-state index is 0.354. The molecule has 4 N–H and O–H groups in total. The van der Waals surface area contributed by atoms with Crippen molar-refractivity contribution in [2.45, 2.75) is 51.9 Å². The first-order valence-corrected chi connectivity index (χ1v) is 6.72. The first kappa shape index (κ1) is 15.3. The van der Waals surface area contributed by atoms with Crippen molar-refractivity contribution in [1.82, 2.24) is 0 Å². The summed E-state index contributed by atoms with van der Waals surface area (Å²) < 4.78 is 25.9. The molecule has 6 heteroatoms. The fourth-order valence-corrected chi connectivity index (χ4v) is 2.37. The molecule has 0 saturated carbocycles. The average molecular weight is 280 g/mol. The second kappa shape index (κ2) is 4.72. The van der Waals surface area contributed by atoms with E-state index in [4.69, 9.17) is 20.8 Å². The highest BCUT2D eigenvalue weighted by Crippen LogP contribution is 2.42. The summed E-state index contributed by atoms with van der Waals surface area (Å²) in [4.78, 5) is 0. The van der Waals surface area contributed by atoms with Gasteiger partial charge in [-0.3, -0.25) is 0 Å². The molecule has 1 aliphatic heterocycles. The lowest BCUT2D eigenvalue weighted by Crippen LogP contribution is -2.41. The van der Waals surface area contributed by atoms with E-state index in [1.807, 2.05) is 27.7 Å². The number of nitrogens with two attached hydrogens (primary N) is 2. The van der Waals surface area contributed by atoms with E-state index in [0.29, 0.717) is 16.6 Å². The molecular weight excluding hydrogens is 258 g/mol. The Bertz CT molecular complexity index is 507. The number of halogens is 1. The molecular formula is C14H22BFN2O2. The lowest BCUT2D eigenvalue weighted by atomic mass is 9.67. The second-order valence-electron chi connectivity index (χ2n) is 6.29. The lowest BCUT2D eigenvalue weighted by molar-refractivity contribution is 0.00578. The van der Waals surface area contributed by atoms with E-state index in [0.717, 1.165) is 0 Å². The fourth-order valence-electron chi connectivity index (χ4n) is 2.37. The molecule has 2 aliphatic rings. The molecule has 1 heterocycles. The first-order valence-electron chi connectivity index (χ1n) is 6.72. The molecule has 1 saturated heterocycles. The summed E-state index contributed by atoms with van der Waals surface area (Å²) in [5.41, 5.74) is 12.3. The lowest BCUT2D eigenvalue weighted by Gasteiger charge is -2.32. The van der Waals surface area contributed by atoms with Gasteiger partial charge >= 0.3 is 7.12 Å². The van der Waals surface area contributed by atoms with Crippen LogP contribution in [-0.4, -0.2) is 24.4 Å². The van der Waals surface area contributed by atoms with Crippen LogP contribution in [-0.2, 0) is 9.31 Å². The monoisotopic (exact) mass is 280 g/mol. The molecule has 1 atom stereocenters. The van der Waals surface area contributed by atoms with Crippen LogP contribution in [0, 0.1) is 0 Å². The van der Waals surface area contributed by atoms with Gasteiger partial charge in [0, 0.05) is 0 Å². The fraction of sp³-hybridized carbons (Fsp3) is 0.571. The topological polar surface area (TPSA) is 70.5 Å². The Kier molecular flexibility index (Phi) is 3.61. The highest BCUT2D eigenvalue weighted by molar-refractivity contribution is 6.56. The maximum Gasteiger partial charge on any atom is 0.495 e. The summed E-state index contributed by atoms with van der Waals surface area (Å²) >= 11 is 0. The summed E-state index contributed by atoms with van der Waals surface area (Å²) in [6.45, 7) is 9.47. The van der Waals surface area contributed by atoms with Crippen LogP contribution in [0.4, 0.5) is 4.39 Å². The zero-order valence-electron chi connectivity index (χ0n) is 12.7. The van der Waals surface area contributed by atoms with E-state index in [2.05, 4.69) is 0 Å². The standard InChI is InChI=1S/C14H22BFN2O2/c1-8-10(16)6-11(18)9(7-17)12(8)15-19-13(2,3)14(4,5)20-15/h6-7,11H,17-18H2,1-5H3/b9-7+. The van der Waals surface area contributed by atoms with Gasteiger partial charge < -0.3 is 20.8 Å². The van der Waals surface area contributed by atoms with E-state index in [1.165, 1.54) is 12.3 Å². The molecule has 1 aliphatic carbocycles. The van der Waals surface area contributed by atoms with Gasteiger partial charge in [-0.05, 0) is 63.5 Å². The van der Waals surface area contributed by atoms with Crippen molar-refractivity contribution in [2.75, 3.05) is 0 Å². The number of hydrogen-bond donors (Lipinski definition) is 2. The van der Waals surface area contributed by atoms with Gasteiger partial charge in [-0.1, -0.05) is 0 Å². The molecule has 4 nitrogen and oxygen atoms in total. The van der Waals surface area contributed by atoms with E-state index in [-0.39, 0.29) is 5.83 Å². The van der Waals surface area contributed by atoms with Crippen LogP contribution < -0.4 is 11.5 Å². The SMILES string of the molecule is CC1=C(B2OC(C)(C)C(C)(C)O2)/C(=C/N)C(N)C=C1F. The summed E-state index contributed by atoms with van der Waals surface area (Å²) in [5, 5.41) is 0. The normalized spacial score (nSPS) is 30.9. The highest BCUT2D eigenvalue weighted by atomic mass is 19.1. The van der Waals surface area contributed by atoms with Crippen molar-refractivity contribution >= 4 is 7.12 Å². The van der Waals surface area contributed by atoms with E-state index < -0.39 is 24.4 Å². The zero-order valence-corrected chi connectivity index (χ0v) is 12.7. The predicted molar refractivity (Wildman–Crippen MR) is 78.2 cm³/mol. The Morgan fingerprint density at radius 2 is 1.75 bits per heavy atom. The van der Waals surface area contributed by atoms with E-state index >= 15 is 0 Å². The van der Waals surface area contributed by atoms with Crippen molar-refractivity contribution in [3.05, 3.63) is 34.7 Å². The summed E-state index contributed by atoms with van der Waals surface area (Å²) in [6, 6.07) is -0.585. The molecule has 110 valence electrons. The van der Waals surface area contributed by atoms with Gasteiger partial charge in [0.15, 0.2) is 0 Å². The zero-order chi connectivity index (χ0) is 15.3. The number of rotatable bonds is 1. The Balaban J connectivity index is 2.46. The quantitative estimate of drug-likeness (QED) is 0.720. The maximum absolute atomic E-state index is 14.0. The van der Waals surface area contributed by atoms with E-state index in [1.54, 1.807) is 6.92 Å². The van der Waals surface area contributed by atoms with Crippen LogP contribution in [0.5, 0.6) is 0 Å². The van der Waals surface area contributed by atoms with Crippen molar-refractivity contribution in [3.8, 4) is 0 Å². The molecule has 0 aromatic carbocycles. The number of hydrogen-bond acceptors (Lipinski definition) is 4. The van der Waals surface area contributed by atoms with Crippen molar-refractivity contribution in [2.24, 2.45) is 11.5 Å². The minimum atomic E-state index is -0.666. The van der Waals surface area contributed by atoms with Crippen LogP contribution in [0.1, 0.15) is 34.6 Å². The molecule has 0 amide bonds. The van der Waals surface area contributed by atoms with Gasteiger partial charge in [-0.2, -0.15) is 0 Å². The third kappa shape index (κ3) is 2.22. The van der Waals surface area contributed by atoms with Crippen molar-refractivity contribution < 1.29 is 13.7 Å². The molecule has 0 spiro atoms. The molecule has 0 aromatic heterocycles. The predicted octanol–water partition coefficient (Wildman–Crippen LogP) is 1.97. The highest BCUT2D eigenvalue weighted by Gasteiger charge is 2.53. The van der Waals surface area contributed by atoms with Crippen LogP contribution in [0.3, 0.4) is 0 Å². The molecule has 20 heavy (non-hydrogen) atoms. The molecule has 0 radical (unpaired) electrons. The summed E-state index contributed by atoms with van der Waals surface area (Å²) in [6.07, 6.45) is 2.75. The minimum Gasteiger partial charge on any atom is -0.404 e.